The van der Waals surface area contributed by atoms with Crippen LogP contribution < -0.4 is 9.47 Å². The van der Waals surface area contributed by atoms with Crippen molar-refractivity contribution >= 4 is 29.4 Å². The maximum absolute atomic E-state index is 12.5. The number of allylic oxidation sites excluding steroid dienone is 1. The molecule has 0 saturated carbocycles. The minimum Gasteiger partial charge on any atom is -0.452 e. The highest BCUT2D eigenvalue weighted by Crippen LogP contribution is 2.37. The average molecular weight is 329 g/mol. The van der Waals surface area contributed by atoms with Crippen LogP contribution >= 0.6 is 11.6 Å². The summed E-state index contributed by atoms with van der Waals surface area (Å²) in [4.78, 5) is 23.6. The van der Waals surface area contributed by atoms with Crippen molar-refractivity contribution in [3.8, 4) is 11.5 Å². The van der Waals surface area contributed by atoms with Gasteiger partial charge in [0.25, 0.3) is 0 Å². The molecule has 0 unspecified atom stereocenters. The molecule has 0 spiro atoms. The Morgan fingerprint density at radius 3 is 2.57 bits per heavy atom. The number of carbonyl (C=O) groups excluding carboxylic acids is 2. The molecule has 0 radical (unpaired) electrons. The Hall–Kier alpha value is -2.59. The van der Waals surface area contributed by atoms with Crippen LogP contribution in [0, 0.1) is 6.92 Å². The van der Waals surface area contributed by atoms with Crippen molar-refractivity contribution in [1.82, 2.24) is 0 Å². The van der Waals surface area contributed by atoms with Gasteiger partial charge in [0.05, 0.1) is 5.56 Å². The summed E-state index contributed by atoms with van der Waals surface area (Å²) in [6.45, 7) is 3.10. The SMILES string of the molecule is CC(=O)Oc1cc(C)c2c(c1)O/C(=C\c1ccc(Cl)cc1)C2=O. The third-order valence-electron chi connectivity index (χ3n) is 3.37. The average Bonchev–Trinajstić information content (AvgIpc) is 2.77. The van der Waals surface area contributed by atoms with E-state index in [1.54, 1.807) is 49.4 Å². The first-order chi connectivity index (χ1) is 10.9. The molecule has 116 valence electrons. The number of esters is 1. The number of aryl methyl sites for hydroxylation is 1. The molecule has 0 N–H and O–H groups in total. The molecule has 0 fully saturated rings. The van der Waals surface area contributed by atoms with Crippen molar-refractivity contribution < 1.29 is 19.1 Å². The maximum atomic E-state index is 12.5. The van der Waals surface area contributed by atoms with Crippen LogP contribution in [0.15, 0.2) is 42.2 Å². The summed E-state index contributed by atoms with van der Waals surface area (Å²) in [6.07, 6.45) is 1.66. The summed E-state index contributed by atoms with van der Waals surface area (Å²) < 4.78 is 10.7. The van der Waals surface area contributed by atoms with Gasteiger partial charge < -0.3 is 9.47 Å². The Labute approximate surface area is 138 Å². The summed E-state index contributed by atoms with van der Waals surface area (Å²) in [6, 6.07) is 10.3. The number of ketones is 1. The number of carbonyl (C=O) groups is 2. The summed E-state index contributed by atoms with van der Waals surface area (Å²) in [5.74, 6) is 0.360. The van der Waals surface area contributed by atoms with Gasteiger partial charge in [0, 0.05) is 18.0 Å². The fourth-order valence-corrected chi connectivity index (χ4v) is 2.54. The predicted molar refractivity (Wildman–Crippen MR) is 86.9 cm³/mol. The van der Waals surface area contributed by atoms with E-state index in [-0.39, 0.29) is 11.5 Å². The van der Waals surface area contributed by atoms with Gasteiger partial charge in [-0.3, -0.25) is 9.59 Å². The molecule has 0 amide bonds. The lowest BCUT2D eigenvalue weighted by Crippen LogP contribution is -2.02. The third-order valence-corrected chi connectivity index (χ3v) is 3.62. The van der Waals surface area contributed by atoms with Gasteiger partial charge in [-0.1, -0.05) is 23.7 Å². The Bertz CT molecular complexity index is 835. The van der Waals surface area contributed by atoms with Crippen molar-refractivity contribution in [3.05, 3.63) is 63.9 Å². The fourth-order valence-electron chi connectivity index (χ4n) is 2.41. The molecule has 0 saturated heterocycles. The lowest BCUT2D eigenvalue weighted by Gasteiger charge is -2.05. The highest BCUT2D eigenvalue weighted by Gasteiger charge is 2.30. The van der Waals surface area contributed by atoms with E-state index >= 15 is 0 Å². The quantitative estimate of drug-likeness (QED) is 0.471. The lowest BCUT2D eigenvalue weighted by molar-refractivity contribution is -0.131. The van der Waals surface area contributed by atoms with E-state index in [1.807, 2.05) is 0 Å². The third kappa shape index (κ3) is 3.12. The van der Waals surface area contributed by atoms with Crippen LogP contribution in [0.4, 0.5) is 0 Å². The van der Waals surface area contributed by atoms with Crippen molar-refractivity contribution in [2.75, 3.05) is 0 Å². The molecule has 0 atom stereocenters. The van der Waals surface area contributed by atoms with Crippen LogP contribution in [-0.2, 0) is 4.79 Å². The second kappa shape index (κ2) is 5.89. The molecule has 2 aromatic carbocycles. The molecular weight excluding hydrogens is 316 g/mol. The molecule has 1 aliphatic heterocycles. The lowest BCUT2D eigenvalue weighted by atomic mass is 10.0. The second-order valence-electron chi connectivity index (χ2n) is 5.20. The number of ether oxygens (including phenoxy) is 2. The van der Waals surface area contributed by atoms with E-state index in [2.05, 4.69) is 0 Å². The number of rotatable bonds is 2. The minimum absolute atomic E-state index is 0.193. The van der Waals surface area contributed by atoms with E-state index in [1.165, 1.54) is 6.92 Å². The van der Waals surface area contributed by atoms with E-state index in [4.69, 9.17) is 21.1 Å². The first kappa shape index (κ1) is 15.3. The molecule has 23 heavy (non-hydrogen) atoms. The Morgan fingerprint density at radius 2 is 1.91 bits per heavy atom. The highest BCUT2D eigenvalue weighted by atomic mass is 35.5. The van der Waals surface area contributed by atoms with Gasteiger partial charge in [0.15, 0.2) is 5.76 Å². The molecule has 3 rings (SSSR count). The Balaban J connectivity index is 1.96. The summed E-state index contributed by atoms with van der Waals surface area (Å²) in [5.41, 5.74) is 1.99. The zero-order valence-electron chi connectivity index (χ0n) is 12.6. The number of hydrogen-bond donors (Lipinski definition) is 0. The molecule has 0 aromatic heterocycles. The van der Waals surface area contributed by atoms with Gasteiger partial charge in [-0.2, -0.15) is 0 Å². The van der Waals surface area contributed by atoms with Gasteiger partial charge in [-0.25, -0.2) is 0 Å². The van der Waals surface area contributed by atoms with E-state index < -0.39 is 5.97 Å². The van der Waals surface area contributed by atoms with Crippen LogP contribution in [0.3, 0.4) is 0 Å². The zero-order chi connectivity index (χ0) is 16.6. The summed E-state index contributed by atoms with van der Waals surface area (Å²) in [7, 11) is 0. The van der Waals surface area contributed by atoms with Gasteiger partial charge in [0.2, 0.25) is 5.78 Å². The first-order valence-electron chi connectivity index (χ1n) is 6.97. The van der Waals surface area contributed by atoms with Crippen LogP contribution in [0.5, 0.6) is 11.5 Å². The van der Waals surface area contributed by atoms with Gasteiger partial charge in [0.1, 0.15) is 11.5 Å². The number of fused-ring (bicyclic) bond motifs is 1. The summed E-state index contributed by atoms with van der Waals surface area (Å²) >= 11 is 5.85. The van der Waals surface area contributed by atoms with Gasteiger partial charge in [-0.05, 0) is 42.3 Å². The molecule has 4 nitrogen and oxygen atoms in total. The van der Waals surface area contributed by atoms with E-state index in [9.17, 15) is 9.59 Å². The molecular formula is C18H13ClO4. The first-order valence-corrected chi connectivity index (χ1v) is 7.35. The minimum atomic E-state index is -0.425. The van der Waals surface area contributed by atoms with Crippen LogP contribution in [0.1, 0.15) is 28.4 Å². The smallest absolute Gasteiger partial charge is 0.308 e. The monoisotopic (exact) mass is 328 g/mol. The standard InChI is InChI=1S/C18H13ClO4/c1-10-7-14(22-11(2)20)9-15-17(10)18(21)16(23-15)8-12-3-5-13(19)6-4-12/h3-9H,1-2H3/b16-8-. The van der Waals surface area contributed by atoms with Gasteiger partial charge in [-0.15, -0.1) is 0 Å². The number of Topliss-reactive ketones (excluding diaryl/α,β-unsaturated/α-hetero) is 1. The van der Waals surface area contributed by atoms with E-state index in [0.717, 1.165) is 5.56 Å². The molecule has 0 aliphatic carbocycles. The van der Waals surface area contributed by atoms with Crippen molar-refractivity contribution in [2.24, 2.45) is 0 Å². The van der Waals surface area contributed by atoms with Crippen molar-refractivity contribution in [1.29, 1.82) is 0 Å². The second-order valence-corrected chi connectivity index (χ2v) is 5.63. The molecule has 0 bridgehead atoms. The number of halogens is 1. The van der Waals surface area contributed by atoms with Gasteiger partial charge >= 0.3 is 5.97 Å². The largest absolute Gasteiger partial charge is 0.452 e. The number of hydrogen-bond acceptors (Lipinski definition) is 4. The van der Waals surface area contributed by atoms with E-state index in [0.29, 0.717) is 27.6 Å². The molecule has 5 heteroatoms. The van der Waals surface area contributed by atoms with Crippen LogP contribution in [0.2, 0.25) is 5.02 Å². The topological polar surface area (TPSA) is 52.6 Å². The molecule has 1 heterocycles. The maximum Gasteiger partial charge on any atom is 0.308 e. The van der Waals surface area contributed by atoms with Crippen molar-refractivity contribution in [2.45, 2.75) is 13.8 Å². The molecule has 1 aliphatic rings. The normalized spacial score (nSPS) is 14.6. The Kier molecular flexibility index (Phi) is 3.92. The Morgan fingerprint density at radius 1 is 1.22 bits per heavy atom. The van der Waals surface area contributed by atoms with Crippen molar-refractivity contribution in [3.63, 3.8) is 0 Å². The molecule has 2 aromatic rings. The highest BCUT2D eigenvalue weighted by molar-refractivity contribution is 6.30. The summed E-state index contributed by atoms with van der Waals surface area (Å²) in [5, 5.41) is 0.621. The van der Waals surface area contributed by atoms with Crippen LogP contribution in [0.25, 0.3) is 6.08 Å². The number of benzene rings is 2. The van der Waals surface area contributed by atoms with Crippen LogP contribution in [-0.4, -0.2) is 11.8 Å². The predicted octanol–water partition coefficient (Wildman–Crippen LogP) is 4.19. The zero-order valence-corrected chi connectivity index (χ0v) is 13.3. The fraction of sp³-hybridized carbons (Fsp3) is 0.111.